The van der Waals surface area contributed by atoms with Crippen LogP contribution in [0.3, 0.4) is 0 Å². The van der Waals surface area contributed by atoms with Crippen molar-refractivity contribution in [3.05, 3.63) is 35.4 Å². The molecule has 0 unspecified atom stereocenters. The van der Waals surface area contributed by atoms with Gasteiger partial charge < -0.3 is 0 Å². The van der Waals surface area contributed by atoms with Crippen molar-refractivity contribution >= 4 is 23.6 Å². The Labute approximate surface area is 91.5 Å². The van der Waals surface area contributed by atoms with Gasteiger partial charge in [0.05, 0.1) is 17.2 Å². The summed E-state index contributed by atoms with van der Waals surface area (Å²) in [6.45, 7) is 0. The van der Waals surface area contributed by atoms with E-state index in [1.54, 1.807) is 36.0 Å². The van der Waals surface area contributed by atoms with Crippen molar-refractivity contribution in [2.45, 2.75) is 6.04 Å². The minimum atomic E-state index is -0.124. The van der Waals surface area contributed by atoms with Gasteiger partial charge in [-0.2, -0.15) is 11.8 Å². The van der Waals surface area contributed by atoms with Crippen molar-refractivity contribution in [3.8, 4) is 0 Å². The Bertz CT molecular complexity index is 419. The summed E-state index contributed by atoms with van der Waals surface area (Å²) in [6.07, 6.45) is 0. The fraction of sp³-hybridized carbons (Fsp3) is 0.273. The predicted octanol–water partition coefficient (Wildman–Crippen LogP) is 1.40. The van der Waals surface area contributed by atoms with Crippen LogP contribution in [0.15, 0.2) is 24.3 Å². The van der Waals surface area contributed by atoms with Crippen molar-refractivity contribution in [3.63, 3.8) is 0 Å². The molecule has 0 aliphatic carbocycles. The zero-order valence-corrected chi connectivity index (χ0v) is 8.79. The van der Waals surface area contributed by atoms with E-state index in [9.17, 15) is 9.59 Å². The number of amides is 2. The Morgan fingerprint density at radius 2 is 1.60 bits per heavy atom. The molecule has 3 rings (SSSR count). The summed E-state index contributed by atoms with van der Waals surface area (Å²) in [5.41, 5.74) is 1.11. The van der Waals surface area contributed by atoms with Crippen molar-refractivity contribution in [1.29, 1.82) is 0 Å². The Morgan fingerprint density at radius 3 is 2.00 bits per heavy atom. The number of rotatable bonds is 1. The SMILES string of the molecule is O=C1c2ccccc2C(=O)N1C1CSC1. The third-order valence-electron chi connectivity index (χ3n) is 2.81. The molecule has 0 atom stereocenters. The van der Waals surface area contributed by atoms with Gasteiger partial charge in [0.2, 0.25) is 0 Å². The van der Waals surface area contributed by atoms with Crippen LogP contribution in [0.4, 0.5) is 0 Å². The van der Waals surface area contributed by atoms with Crippen LogP contribution in [0, 0.1) is 0 Å². The van der Waals surface area contributed by atoms with E-state index < -0.39 is 0 Å². The molecule has 0 spiro atoms. The smallest absolute Gasteiger partial charge is 0.261 e. The van der Waals surface area contributed by atoms with Crippen LogP contribution in [0.5, 0.6) is 0 Å². The number of carbonyl (C=O) groups is 2. The van der Waals surface area contributed by atoms with E-state index in [1.807, 2.05) is 0 Å². The molecule has 1 fully saturated rings. The quantitative estimate of drug-likeness (QED) is 0.670. The molecule has 1 aromatic rings. The molecule has 0 saturated carbocycles. The lowest BCUT2D eigenvalue weighted by atomic mass is 10.1. The van der Waals surface area contributed by atoms with Crippen molar-refractivity contribution < 1.29 is 9.59 Å². The Balaban J connectivity index is 2.04. The molecule has 2 aliphatic heterocycles. The number of thioether (sulfide) groups is 1. The van der Waals surface area contributed by atoms with Crippen LogP contribution in [0.2, 0.25) is 0 Å². The number of hydrogen-bond donors (Lipinski definition) is 0. The van der Waals surface area contributed by atoms with Crippen LogP contribution in [0.25, 0.3) is 0 Å². The Kier molecular flexibility index (Phi) is 1.85. The molecule has 2 heterocycles. The molecule has 0 aromatic heterocycles. The van der Waals surface area contributed by atoms with Gasteiger partial charge in [-0.15, -0.1) is 0 Å². The lowest BCUT2D eigenvalue weighted by Crippen LogP contribution is -2.47. The molecule has 3 nitrogen and oxygen atoms in total. The van der Waals surface area contributed by atoms with Gasteiger partial charge in [0.1, 0.15) is 0 Å². The average Bonchev–Trinajstić information content (AvgIpc) is 2.42. The van der Waals surface area contributed by atoms with Gasteiger partial charge in [-0.25, -0.2) is 0 Å². The van der Waals surface area contributed by atoms with Gasteiger partial charge in [0.25, 0.3) is 11.8 Å². The maximum absolute atomic E-state index is 11.9. The number of nitrogens with zero attached hydrogens (tertiary/aromatic N) is 1. The van der Waals surface area contributed by atoms with Crippen LogP contribution < -0.4 is 0 Å². The Hall–Kier alpha value is -1.29. The highest BCUT2D eigenvalue weighted by Crippen LogP contribution is 2.31. The molecule has 4 heteroatoms. The molecule has 76 valence electrons. The molecule has 2 amide bonds. The van der Waals surface area contributed by atoms with Gasteiger partial charge in [0, 0.05) is 11.5 Å². The van der Waals surface area contributed by atoms with E-state index in [2.05, 4.69) is 0 Å². The minimum Gasteiger partial charge on any atom is -0.270 e. The first-order valence-electron chi connectivity index (χ1n) is 4.83. The average molecular weight is 219 g/mol. The summed E-state index contributed by atoms with van der Waals surface area (Å²) in [5, 5.41) is 0. The standard InChI is InChI=1S/C11H9NO2S/c13-10-8-3-1-2-4-9(8)11(14)12(10)7-5-15-6-7/h1-4,7H,5-6H2. The summed E-state index contributed by atoms with van der Waals surface area (Å²) in [4.78, 5) is 25.3. The van der Waals surface area contributed by atoms with E-state index in [1.165, 1.54) is 4.90 Å². The highest BCUT2D eigenvalue weighted by Gasteiger charge is 2.41. The normalized spacial score (nSPS) is 20.4. The zero-order chi connectivity index (χ0) is 10.4. The van der Waals surface area contributed by atoms with E-state index >= 15 is 0 Å². The molecule has 2 aliphatic rings. The molecule has 0 bridgehead atoms. The lowest BCUT2D eigenvalue weighted by molar-refractivity contribution is 0.0608. The van der Waals surface area contributed by atoms with E-state index in [-0.39, 0.29) is 17.9 Å². The number of fused-ring (bicyclic) bond motifs is 1. The molecule has 15 heavy (non-hydrogen) atoms. The van der Waals surface area contributed by atoms with Gasteiger partial charge in [0.15, 0.2) is 0 Å². The number of imide groups is 1. The third kappa shape index (κ3) is 1.14. The van der Waals surface area contributed by atoms with Crippen LogP contribution in [-0.4, -0.2) is 34.3 Å². The summed E-state index contributed by atoms with van der Waals surface area (Å²) in [6, 6.07) is 7.15. The van der Waals surface area contributed by atoms with E-state index in [0.29, 0.717) is 11.1 Å². The minimum absolute atomic E-state index is 0.113. The van der Waals surface area contributed by atoms with Crippen molar-refractivity contribution in [1.82, 2.24) is 4.90 Å². The molecule has 1 aromatic carbocycles. The first-order valence-corrected chi connectivity index (χ1v) is 5.99. The highest BCUT2D eigenvalue weighted by atomic mass is 32.2. The van der Waals surface area contributed by atoms with Gasteiger partial charge in [-0.1, -0.05) is 12.1 Å². The number of benzene rings is 1. The second-order valence-electron chi connectivity index (χ2n) is 3.72. The monoisotopic (exact) mass is 219 g/mol. The number of hydrogen-bond acceptors (Lipinski definition) is 3. The topological polar surface area (TPSA) is 37.4 Å². The first-order chi connectivity index (χ1) is 7.29. The largest absolute Gasteiger partial charge is 0.270 e. The summed E-state index contributed by atoms with van der Waals surface area (Å²) in [7, 11) is 0. The Morgan fingerprint density at radius 1 is 1.07 bits per heavy atom. The summed E-state index contributed by atoms with van der Waals surface area (Å²) in [5.74, 6) is 1.51. The van der Waals surface area contributed by atoms with Gasteiger partial charge in [-0.3, -0.25) is 14.5 Å². The van der Waals surface area contributed by atoms with Gasteiger partial charge in [-0.05, 0) is 12.1 Å². The van der Waals surface area contributed by atoms with Crippen LogP contribution in [0.1, 0.15) is 20.7 Å². The van der Waals surface area contributed by atoms with Gasteiger partial charge >= 0.3 is 0 Å². The molecule has 0 radical (unpaired) electrons. The summed E-state index contributed by atoms with van der Waals surface area (Å²) >= 11 is 1.77. The zero-order valence-electron chi connectivity index (χ0n) is 7.97. The van der Waals surface area contributed by atoms with Crippen LogP contribution in [-0.2, 0) is 0 Å². The second-order valence-corrected chi connectivity index (χ2v) is 4.79. The lowest BCUT2D eigenvalue weighted by Gasteiger charge is -2.32. The maximum Gasteiger partial charge on any atom is 0.261 e. The molecule has 1 saturated heterocycles. The van der Waals surface area contributed by atoms with E-state index in [0.717, 1.165) is 11.5 Å². The predicted molar refractivity (Wildman–Crippen MR) is 58.1 cm³/mol. The first kappa shape index (κ1) is 8.97. The molecule has 0 N–H and O–H groups in total. The fourth-order valence-corrected chi connectivity index (χ4v) is 2.66. The van der Waals surface area contributed by atoms with E-state index in [4.69, 9.17) is 0 Å². The molecular formula is C11H9NO2S. The highest BCUT2D eigenvalue weighted by molar-refractivity contribution is 8.00. The summed E-state index contributed by atoms with van der Waals surface area (Å²) < 4.78 is 0. The second kappa shape index (κ2) is 3.10. The third-order valence-corrected chi connectivity index (χ3v) is 4.05. The fourth-order valence-electron chi connectivity index (χ4n) is 1.91. The number of carbonyl (C=O) groups excluding carboxylic acids is 2. The van der Waals surface area contributed by atoms with Crippen LogP contribution >= 0.6 is 11.8 Å². The van der Waals surface area contributed by atoms with Crippen molar-refractivity contribution in [2.24, 2.45) is 0 Å². The maximum atomic E-state index is 11.9. The molecular weight excluding hydrogens is 210 g/mol. The van der Waals surface area contributed by atoms with Crippen molar-refractivity contribution in [2.75, 3.05) is 11.5 Å².